The van der Waals surface area contributed by atoms with E-state index in [9.17, 15) is 4.91 Å². The number of fused-ring (bicyclic) bond motifs is 5. The maximum absolute atomic E-state index is 10.9. The maximum Gasteiger partial charge on any atom is 0.108 e. The molecule has 0 saturated heterocycles. The molecule has 1 aliphatic rings. The Hall–Kier alpha value is -3.00. The van der Waals surface area contributed by atoms with Gasteiger partial charge in [-0.05, 0) is 74.8 Å². The van der Waals surface area contributed by atoms with Crippen LogP contribution in [-0.2, 0) is 6.42 Å². The van der Waals surface area contributed by atoms with E-state index in [4.69, 9.17) is 0 Å². The highest BCUT2D eigenvalue weighted by atomic mass is 16.3. The summed E-state index contributed by atoms with van der Waals surface area (Å²) in [4.78, 5) is 10.9. The largest absolute Gasteiger partial charge is 0.145 e. The molecule has 0 fully saturated rings. The Labute approximate surface area is 152 Å². The number of hydrogen-bond donors (Lipinski definition) is 0. The van der Waals surface area contributed by atoms with Gasteiger partial charge in [-0.25, -0.2) is 0 Å². The molecule has 126 valence electrons. The molecule has 0 aliphatic heterocycles. The van der Waals surface area contributed by atoms with E-state index in [2.05, 4.69) is 59.8 Å². The van der Waals surface area contributed by atoms with Gasteiger partial charge in [0.15, 0.2) is 0 Å². The molecule has 0 heterocycles. The van der Waals surface area contributed by atoms with Crippen LogP contribution in [0.5, 0.6) is 0 Å². The third-order valence-electron chi connectivity index (χ3n) is 5.75. The van der Waals surface area contributed by atoms with Crippen molar-refractivity contribution in [3.63, 3.8) is 0 Å². The SMILES string of the molecule is O=Nc1cccc(C2CCCc3c2ccc2c3ccc3ccccc32)c1. The summed E-state index contributed by atoms with van der Waals surface area (Å²) >= 11 is 0. The molecule has 5 rings (SSSR count). The lowest BCUT2D eigenvalue weighted by Gasteiger charge is -2.27. The molecule has 0 aromatic heterocycles. The smallest absolute Gasteiger partial charge is 0.108 e. The van der Waals surface area contributed by atoms with Gasteiger partial charge in [-0.3, -0.25) is 0 Å². The van der Waals surface area contributed by atoms with Crippen molar-refractivity contribution >= 4 is 27.2 Å². The van der Waals surface area contributed by atoms with Gasteiger partial charge in [0.05, 0.1) is 0 Å². The van der Waals surface area contributed by atoms with Crippen LogP contribution < -0.4 is 0 Å². The molecule has 0 spiro atoms. The maximum atomic E-state index is 10.9. The summed E-state index contributed by atoms with van der Waals surface area (Å²) in [5.41, 5.74) is 4.58. The van der Waals surface area contributed by atoms with Crippen molar-refractivity contribution in [1.82, 2.24) is 0 Å². The minimum atomic E-state index is 0.344. The second-order valence-electron chi connectivity index (χ2n) is 7.15. The molecule has 1 aliphatic carbocycles. The molecule has 0 N–H and O–H groups in total. The summed E-state index contributed by atoms with van der Waals surface area (Å²) in [5.74, 6) is 0.344. The van der Waals surface area contributed by atoms with E-state index in [-0.39, 0.29) is 0 Å². The van der Waals surface area contributed by atoms with Crippen LogP contribution in [0, 0.1) is 4.91 Å². The van der Waals surface area contributed by atoms with Crippen molar-refractivity contribution in [3.05, 3.63) is 94.4 Å². The quantitative estimate of drug-likeness (QED) is 0.290. The van der Waals surface area contributed by atoms with Crippen molar-refractivity contribution in [2.45, 2.75) is 25.2 Å². The first-order valence-corrected chi connectivity index (χ1v) is 9.22. The van der Waals surface area contributed by atoms with Gasteiger partial charge < -0.3 is 0 Å². The molecule has 1 unspecified atom stereocenters. The third kappa shape index (κ3) is 2.33. The summed E-state index contributed by atoms with van der Waals surface area (Å²) in [6.45, 7) is 0. The standard InChI is InChI=1S/C24H19NO/c26-25-18-7-3-6-17(15-18)20-9-4-10-21-23(20)14-13-22-19-8-2-1-5-16(19)11-12-24(21)22/h1-3,5-8,11-15,20H,4,9-10H2. The van der Waals surface area contributed by atoms with Gasteiger partial charge in [0, 0.05) is 5.92 Å². The highest BCUT2D eigenvalue weighted by molar-refractivity contribution is 6.08. The highest BCUT2D eigenvalue weighted by Crippen LogP contribution is 2.41. The van der Waals surface area contributed by atoms with Crippen molar-refractivity contribution in [1.29, 1.82) is 0 Å². The lowest BCUT2D eigenvalue weighted by molar-refractivity contribution is 0.619. The molecule has 2 heteroatoms. The molecule has 0 saturated carbocycles. The zero-order valence-electron chi connectivity index (χ0n) is 14.5. The van der Waals surface area contributed by atoms with Gasteiger partial charge >= 0.3 is 0 Å². The zero-order valence-corrected chi connectivity index (χ0v) is 14.5. The summed E-state index contributed by atoms with van der Waals surface area (Å²) in [7, 11) is 0. The Kier molecular flexibility index (Phi) is 3.56. The monoisotopic (exact) mass is 337 g/mol. The predicted molar refractivity (Wildman–Crippen MR) is 108 cm³/mol. The topological polar surface area (TPSA) is 29.4 Å². The Morgan fingerprint density at radius 2 is 1.69 bits per heavy atom. The van der Waals surface area contributed by atoms with Crippen LogP contribution in [0.25, 0.3) is 21.5 Å². The fourth-order valence-corrected chi connectivity index (χ4v) is 4.56. The average Bonchev–Trinajstić information content (AvgIpc) is 2.72. The number of nitroso groups, excluding NO2 is 1. The van der Waals surface area contributed by atoms with Crippen LogP contribution >= 0.6 is 0 Å². The second kappa shape index (κ2) is 6.06. The normalized spacial score (nSPS) is 16.5. The molecule has 26 heavy (non-hydrogen) atoms. The summed E-state index contributed by atoms with van der Waals surface area (Å²) < 4.78 is 0. The van der Waals surface area contributed by atoms with Gasteiger partial charge in [-0.15, -0.1) is 4.91 Å². The first-order chi connectivity index (χ1) is 12.8. The number of rotatable bonds is 2. The summed E-state index contributed by atoms with van der Waals surface area (Å²) in [6.07, 6.45) is 3.41. The molecule has 0 amide bonds. The minimum absolute atomic E-state index is 0.344. The van der Waals surface area contributed by atoms with Gasteiger partial charge in [0.25, 0.3) is 0 Å². The van der Waals surface area contributed by atoms with Crippen LogP contribution in [0.3, 0.4) is 0 Å². The predicted octanol–water partition coefficient (Wildman–Crippen LogP) is 6.86. The molecule has 0 radical (unpaired) electrons. The van der Waals surface area contributed by atoms with Crippen LogP contribution in [-0.4, -0.2) is 0 Å². The first kappa shape index (κ1) is 15.3. The second-order valence-corrected chi connectivity index (χ2v) is 7.15. The number of nitrogens with zero attached hydrogens (tertiary/aromatic N) is 1. The Morgan fingerprint density at radius 1 is 0.808 bits per heavy atom. The molecule has 2 nitrogen and oxygen atoms in total. The van der Waals surface area contributed by atoms with Crippen LogP contribution in [0.15, 0.2) is 78.0 Å². The summed E-state index contributed by atoms with van der Waals surface area (Å²) in [5, 5.41) is 8.44. The lowest BCUT2D eigenvalue weighted by atomic mass is 9.77. The van der Waals surface area contributed by atoms with Crippen LogP contribution in [0.1, 0.15) is 35.4 Å². The molecule has 4 aromatic rings. The van der Waals surface area contributed by atoms with Crippen molar-refractivity contribution in [2.75, 3.05) is 0 Å². The van der Waals surface area contributed by atoms with E-state index in [0.717, 1.165) is 12.8 Å². The number of benzene rings is 4. The van der Waals surface area contributed by atoms with Crippen LogP contribution in [0.2, 0.25) is 0 Å². The average molecular weight is 337 g/mol. The Morgan fingerprint density at radius 3 is 2.62 bits per heavy atom. The van der Waals surface area contributed by atoms with Gasteiger partial charge in [-0.2, -0.15) is 0 Å². The van der Waals surface area contributed by atoms with E-state index in [0.29, 0.717) is 11.6 Å². The summed E-state index contributed by atoms with van der Waals surface area (Å²) in [6, 6.07) is 25.5. The minimum Gasteiger partial charge on any atom is -0.145 e. The molecule has 0 bridgehead atoms. The van der Waals surface area contributed by atoms with Gasteiger partial charge in [-0.1, -0.05) is 60.7 Å². The fourth-order valence-electron chi connectivity index (χ4n) is 4.56. The van der Waals surface area contributed by atoms with Crippen LogP contribution in [0.4, 0.5) is 5.69 Å². The Balaban J connectivity index is 1.73. The first-order valence-electron chi connectivity index (χ1n) is 9.22. The molecule has 4 aromatic carbocycles. The number of hydrogen-bond acceptors (Lipinski definition) is 2. The molecule has 1 atom stereocenters. The van der Waals surface area contributed by atoms with E-state index in [1.165, 1.54) is 44.7 Å². The van der Waals surface area contributed by atoms with E-state index in [1.807, 2.05) is 12.1 Å². The van der Waals surface area contributed by atoms with Gasteiger partial charge in [0.1, 0.15) is 5.69 Å². The molecular weight excluding hydrogens is 318 g/mol. The Bertz CT molecular complexity index is 1150. The van der Waals surface area contributed by atoms with Crippen molar-refractivity contribution < 1.29 is 0 Å². The van der Waals surface area contributed by atoms with E-state index < -0.39 is 0 Å². The van der Waals surface area contributed by atoms with E-state index in [1.54, 1.807) is 6.07 Å². The zero-order chi connectivity index (χ0) is 17.5. The van der Waals surface area contributed by atoms with Crippen molar-refractivity contribution in [3.8, 4) is 0 Å². The third-order valence-corrected chi connectivity index (χ3v) is 5.75. The van der Waals surface area contributed by atoms with E-state index >= 15 is 0 Å². The lowest BCUT2D eigenvalue weighted by Crippen LogP contribution is -2.11. The molecular formula is C24H19NO. The fraction of sp³-hybridized carbons (Fsp3) is 0.167. The van der Waals surface area contributed by atoms with Gasteiger partial charge in [0.2, 0.25) is 0 Å². The van der Waals surface area contributed by atoms with Crippen molar-refractivity contribution in [2.24, 2.45) is 5.18 Å². The highest BCUT2D eigenvalue weighted by Gasteiger charge is 2.23. The number of aryl methyl sites for hydroxylation is 1.